The third-order valence-corrected chi connectivity index (χ3v) is 10.6. The Morgan fingerprint density at radius 1 is 1.00 bits per heavy atom. The van der Waals surface area contributed by atoms with E-state index in [9.17, 15) is 4.39 Å². The second kappa shape index (κ2) is 9.39. The van der Waals surface area contributed by atoms with E-state index in [1.807, 2.05) is 12.1 Å². The Balaban J connectivity index is 2.57. The van der Waals surface area contributed by atoms with E-state index in [0.717, 1.165) is 16.7 Å². The lowest BCUT2D eigenvalue weighted by molar-refractivity contribution is 0.0155. The van der Waals surface area contributed by atoms with Crippen LogP contribution in [0.25, 0.3) is 11.1 Å². The number of hydrogen-bond donors (Lipinski definition) is 0. The molecular formula is C25H38FNO3Si. The van der Waals surface area contributed by atoms with Gasteiger partial charge in [0.25, 0.3) is 0 Å². The van der Waals surface area contributed by atoms with Gasteiger partial charge in [0.15, 0.2) is 8.32 Å². The molecule has 1 atom stereocenters. The Hall–Kier alpha value is -1.76. The van der Waals surface area contributed by atoms with E-state index in [0.29, 0.717) is 18.1 Å². The first-order chi connectivity index (χ1) is 14.2. The number of rotatable bonds is 7. The molecule has 0 bridgehead atoms. The number of aromatic nitrogens is 1. The van der Waals surface area contributed by atoms with Gasteiger partial charge in [-0.3, -0.25) is 0 Å². The van der Waals surface area contributed by atoms with Gasteiger partial charge in [0.05, 0.1) is 26.0 Å². The molecule has 0 radical (unpaired) electrons. The van der Waals surface area contributed by atoms with Crippen LogP contribution < -0.4 is 4.74 Å². The number of pyridine rings is 1. The molecule has 6 heteroatoms. The quantitative estimate of drug-likeness (QED) is 0.423. The highest BCUT2D eigenvalue weighted by molar-refractivity contribution is 6.74. The average Bonchev–Trinajstić information content (AvgIpc) is 2.66. The Bertz CT molecular complexity index is 901. The minimum absolute atomic E-state index is 0.132. The van der Waals surface area contributed by atoms with Gasteiger partial charge in [0, 0.05) is 18.7 Å². The number of benzene rings is 1. The van der Waals surface area contributed by atoms with Crippen LogP contribution in [-0.2, 0) is 15.8 Å². The Morgan fingerprint density at radius 3 is 2.16 bits per heavy atom. The molecule has 0 aliphatic heterocycles. The van der Waals surface area contributed by atoms with Crippen molar-refractivity contribution in [3.8, 4) is 17.0 Å². The maximum absolute atomic E-state index is 14.8. The molecule has 31 heavy (non-hydrogen) atoms. The smallest absolute Gasteiger partial charge is 0.213 e. The lowest BCUT2D eigenvalue weighted by atomic mass is 9.81. The fraction of sp³-hybridized carbons (Fsp3) is 0.560. The minimum atomic E-state index is -1.89. The summed E-state index contributed by atoms with van der Waals surface area (Å²) in [5.41, 5.74) is 3.02. The lowest BCUT2D eigenvalue weighted by Gasteiger charge is -2.36. The summed E-state index contributed by atoms with van der Waals surface area (Å²) in [5.74, 6) is -0.0199. The van der Waals surface area contributed by atoms with Crippen molar-refractivity contribution in [2.75, 3.05) is 14.2 Å². The van der Waals surface area contributed by atoms with Crippen molar-refractivity contribution in [3.05, 3.63) is 47.4 Å². The minimum Gasteiger partial charge on any atom is -0.481 e. The third-order valence-electron chi connectivity index (χ3n) is 6.16. The van der Waals surface area contributed by atoms with Crippen molar-refractivity contribution in [1.82, 2.24) is 4.98 Å². The molecule has 0 spiro atoms. The summed E-state index contributed by atoms with van der Waals surface area (Å²) in [4.78, 5) is 3.98. The Kier molecular flexibility index (Phi) is 7.72. The summed E-state index contributed by atoms with van der Waals surface area (Å²) < 4.78 is 32.4. The van der Waals surface area contributed by atoms with Gasteiger partial charge in [0.2, 0.25) is 5.88 Å². The predicted molar refractivity (Wildman–Crippen MR) is 127 cm³/mol. The third kappa shape index (κ3) is 5.93. The summed E-state index contributed by atoms with van der Waals surface area (Å²) in [6, 6.07) is 7.69. The Labute approximate surface area is 188 Å². The summed E-state index contributed by atoms with van der Waals surface area (Å²) in [7, 11) is 1.33. The molecule has 0 fully saturated rings. The molecule has 2 rings (SSSR count). The molecule has 0 amide bonds. The molecule has 0 aliphatic carbocycles. The Morgan fingerprint density at radius 2 is 1.65 bits per heavy atom. The number of nitrogens with zero attached hydrogens (tertiary/aromatic N) is 1. The number of ether oxygens (including phenoxy) is 2. The highest BCUT2D eigenvalue weighted by Gasteiger charge is 2.37. The lowest BCUT2D eigenvalue weighted by Crippen LogP contribution is -2.40. The molecule has 2 aromatic rings. The van der Waals surface area contributed by atoms with Crippen LogP contribution in [0.4, 0.5) is 4.39 Å². The fourth-order valence-electron chi connectivity index (χ4n) is 3.33. The number of methoxy groups -OCH3 is 2. The first kappa shape index (κ1) is 25.5. The van der Waals surface area contributed by atoms with Gasteiger partial charge in [-0.05, 0) is 40.2 Å². The highest BCUT2D eigenvalue weighted by atomic mass is 28.4. The van der Waals surface area contributed by atoms with Gasteiger partial charge in [-0.1, -0.05) is 59.7 Å². The van der Waals surface area contributed by atoms with Gasteiger partial charge < -0.3 is 13.9 Å². The van der Waals surface area contributed by atoms with E-state index in [1.165, 1.54) is 13.3 Å². The van der Waals surface area contributed by atoms with E-state index in [2.05, 4.69) is 65.7 Å². The molecule has 0 N–H and O–H groups in total. The van der Waals surface area contributed by atoms with Crippen LogP contribution in [-0.4, -0.2) is 27.5 Å². The van der Waals surface area contributed by atoms with Crippen molar-refractivity contribution < 1.29 is 18.3 Å². The second-order valence-electron chi connectivity index (χ2n) is 10.7. The molecule has 1 aromatic heterocycles. The van der Waals surface area contributed by atoms with Crippen molar-refractivity contribution >= 4 is 8.32 Å². The van der Waals surface area contributed by atoms with Gasteiger partial charge in [-0.2, -0.15) is 0 Å². The summed E-state index contributed by atoms with van der Waals surface area (Å²) >= 11 is 0. The van der Waals surface area contributed by atoms with Crippen molar-refractivity contribution in [3.63, 3.8) is 0 Å². The molecular weight excluding hydrogens is 409 g/mol. The summed E-state index contributed by atoms with van der Waals surface area (Å²) in [6.45, 7) is 18.1. The molecule has 1 unspecified atom stereocenters. The van der Waals surface area contributed by atoms with E-state index >= 15 is 0 Å². The molecule has 0 aliphatic rings. The van der Waals surface area contributed by atoms with Crippen LogP contribution in [0, 0.1) is 11.2 Å². The number of halogens is 1. The van der Waals surface area contributed by atoms with Crippen molar-refractivity contribution in [2.24, 2.45) is 5.41 Å². The fourth-order valence-corrected chi connectivity index (χ4v) is 4.29. The SMILES string of the molecule is COc1cc(-c2ccc(CO[Si](C)(C)C(C)(C)C)cc2C(OC)C(C)(C)C)c(F)cn1. The average molecular weight is 448 g/mol. The van der Waals surface area contributed by atoms with Crippen molar-refractivity contribution in [1.29, 1.82) is 0 Å². The molecule has 1 aromatic carbocycles. The van der Waals surface area contributed by atoms with E-state index in [4.69, 9.17) is 13.9 Å². The van der Waals surface area contributed by atoms with Crippen molar-refractivity contribution in [2.45, 2.75) is 72.4 Å². The van der Waals surface area contributed by atoms with E-state index < -0.39 is 14.1 Å². The zero-order chi connectivity index (χ0) is 23.6. The largest absolute Gasteiger partial charge is 0.481 e. The first-order valence-corrected chi connectivity index (χ1v) is 13.6. The predicted octanol–water partition coefficient (Wildman–Crippen LogP) is 7.15. The van der Waals surface area contributed by atoms with Crippen LogP contribution in [0.15, 0.2) is 30.5 Å². The first-order valence-electron chi connectivity index (χ1n) is 10.7. The summed E-state index contributed by atoms with van der Waals surface area (Å²) in [6.07, 6.45) is 0.972. The molecule has 4 nitrogen and oxygen atoms in total. The van der Waals surface area contributed by atoms with Crippen LogP contribution >= 0.6 is 0 Å². The monoisotopic (exact) mass is 447 g/mol. The van der Waals surface area contributed by atoms with Crippen LogP contribution in [0.3, 0.4) is 0 Å². The van der Waals surface area contributed by atoms with Gasteiger partial charge >= 0.3 is 0 Å². The maximum Gasteiger partial charge on any atom is 0.213 e. The standard InChI is InChI=1S/C25H38FNO3Si/c1-24(2,3)23(29-8)20-13-17(16-30-31(9,10)25(4,5)6)11-12-18(20)19-14-22(28-7)27-15-21(19)26/h11-15,23H,16H2,1-10H3. The maximum atomic E-state index is 14.8. The van der Waals surface area contributed by atoms with Crippen LogP contribution in [0.5, 0.6) is 5.88 Å². The van der Waals surface area contributed by atoms with Gasteiger partial charge in [0.1, 0.15) is 5.82 Å². The van der Waals surface area contributed by atoms with E-state index in [1.54, 1.807) is 13.2 Å². The molecule has 172 valence electrons. The normalized spacial score (nSPS) is 13.9. The van der Waals surface area contributed by atoms with Gasteiger partial charge in [-0.25, -0.2) is 9.37 Å². The molecule has 0 saturated heterocycles. The molecule has 1 heterocycles. The highest BCUT2D eigenvalue weighted by Crippen LogP contribution is 2.42. The van der Waals surface area contributed by atoms with Gasteiger partial charge in [-0.15, -0.1) is 0 Å². The van der Waals surface area contributed by atoms with Crippen LogP contribution in [0.1, 0.15) is 58.8 Å². The number of hydrogen-bond acceptors (Lipinski definition) is 4. The zero-order valence-electron chi connectivity index (χ0n) is 20.7. The van der Waals surface area contributed by atoms with E-state index in [-0.39, 0.29) is 16.6 Å². The van der Waals surface area contributed by atoms with Crippen LogP contribution in [0.2, 0.25) is 18.1 Å². The summed E-state index contributed by atoms with van der Waals surface area (Å²) in [5, 5.41) is 0.132. The second-order valence-corrected chi connectivity index (χ2v) is 15.5. The zero-order valence-corrected chi connectivity index (χ0v) is 21.7. The topological polar surface area (TPSA) is 40.6 Å². The molecule has 0 saturated carbocycles.